The van der Waals surface area contributed by atoms with E-state index in [1.165, 1.54) is 0 Å². The Balaban J connectivity index is 1.86. The van der Waals surface area contributed by atoms with Gasteiger partial charge in [-0.05, 0) is 25.0 Å². The Morgan fingerprint density at radius 3 is 2.67 bits per heavy atom. The van der Waals surface area contributed by atoms with Crippen molar-refractivity contribution in [2.24, 2.45) is 5.92 Å². The molecule has 3 nitrogen and oxygen atoms in total. The van der Waals surface area contributed by atoms with E-state index in [0.29, 0.717) is 5.56 Å². The number of hydrogen-bond donors (Lipinski definition) is 0. The van der Waals surface area contributed by atoms with Crippen LogP contribution in [-0.4, -0.2) is 18.4 Å². The minimum absolute atomic E-state index is 0.000287. The van der Waals surface area contributed by atoms with Gasteiger partial charge in [-0.3, -0.25) is 9.59 Å². The van der Waals surface area contributed by atoms with E-state index in [9.17, 15) is 9.59 Å². The average Bonchev–Trinajstić information content (AvgIpc) is 2.89. The van der Waals surface area contributed by atoms with Gasteiger partial charge in [-0.25, -0.2) is 0 Å². The zero-order chi connectivity index (χ0) is 13.0. The first-order valence-corrected chi connectivity index (χ1v) is 6.91. The Hall–Kier alpha value is -1.16. The summed E-state index contributed by atoms with van der Waals surface area (Å²) < 4.78 is 5.92. The number of hydrogen-bond acceptors (Lipinski definition) is 3. The highest BCUT2D eigenvalue weighted by Gasteiger charge is 2.24. The molecule has 1 aromatic rings. The van der Waals surface area contributed by atoms with Gasteiger partial charge in [0.1, 0.15) is 0 Å². The second-order valence-electron chi connectivity index (χ2n) is 4.52. The summed E-state index contributed by atoms with van der Waals surface area (Å²) in [5.41, 5.74) is 0.559. The van der Waals surface area contributed by atoms with E-state index >= 15 is 0 Å². The van der Waals surface area contributed by atoms with Gasteiger partial charge in [0.05, 0.1) is 5.92 Å². The molecule has 0 bridgehead atoms. The molecule has 0 N–H and O–H groups in total. The van der Waals surface area contributed by atoms with Crippen molar-refractivity contribution in [1.29, 1.82) is 0 Å². The van der Waals surface area contributed by atoms with Crippen molar-refractivity contribution in [2.45, 2.75) is 25.7 Å². The topological polar surface area (TPSA) is 43.4 Å². The van der Waals surface area contributed by atoms with E-state index in [-0.39, 0.29) is 24.3 Å². The minimum Gasteiger partial charge on any atom is -0.457 e. The van der Waals surface area contributed by atoms with Gasteiger partial charge in [-0.1, -0.05) is 40.9 Å². The Bertz CT molecular complexity index is 450. The van der Waals surface area contributed by atoms with Gasteiger partial charge in [-0.15, -0.1) is 0 Å². The second-order valence-corrected chi connectivity index (χ2v) is 5.44. The lowest BCUT2D eigenvalue weighted by Crippen LogP contribution is -2.19. The van der Waals surface area contributed by atoms with Gasteiger partial charge in [0.25, 0.3) is 0 Å². The van der Waals surface area contributed by atoms with Gasteiger partial charge < -0.3 is 4.74 Å². The molecule has 2 rings (SSSR count). The molecule has 0 aliphatic heterocycles. The molecule has 1 fully saturated rings. The molecule has 0 spiro atoms. The molecule has 1 aromatic carbocycles. The van der Waals surface area contributed by atoms with Crippen LogP contribution in [0.3, 0.4) is 0 Å². The molecule has 0 radical (unpaired) electrons. The van der Waals surface area contributed by atoms with Gasteiger partial charge in [0, 0.05) is 10.0 Å². The Morgan fingerprint density at radius 2 is 2.00 bits per heavy atom. The standard InChI is InChI=1S/C14H15BrO3/c15-12-7-3-6-11(8-12)13(16)9-18-14(17)10-4-1-2-5-10/h3,6-8,10H,1-2,4-5,9H2. The summed E-state index contributed by atoms with van der Waals surface area (Å²) in [7, 11) is 0. The number of esters is 1. The van der Waals surface area contributed by atoms with Crippen LogP contribution < -0.4 is 0 Å². The highest BCUT2D eigenvalue weighted by Crippen LogP contribution is 2.25. The summed E-state index contributed by atoms with van der Waals surface area (Å²) in [4.78, 5) is 23.5. The third kappa shape index (κ3) is 3.42. The van der Waals surface area contributed by atoms with Crippen molar-refractivity contribution in [3.63, 3.8) is 0 Å². The maximum Gasteiger partial charge on any atom is 0.309 e. The summed E-state index contributed by atoms with van der Waals surface area (Å²) in [5, 5.41) is 0. The molecule has 0 saturated heterocycles. The fraction of sp³-hybridized carbons (Fsp3) is 0.429. The molecule has 0 atom stereocenters. The van der Waals surface area contributed by atoms with Gasteiger partial charge in [-0.2, -0.15) is 0 Å². The summed E-state index contributed by atoms with van der Waals surface area (Å²) >= 11 is 3.30. The largest absolute Gasteiger partial charge is 0.457 e. The lowest BCUT2D eigenvalue weighted by molar-refractivity contribution is -0.147. The predicted octanol–water partition coefficient (Wildman–Crippen LogP) is 3.37. The average molecular weight is 311 g/mol. The van der Waals surface area contributed by atoms with Crippen molar-refractivity contribution in [3.05, 3.63) is 34.3 Å². The molecule has 1 aliphatic carbocycles. The van der Waals surface area contributed by atoms with Crippen LogP contribution in [0.25, 0.3) is 0 Å². The summed E-state index contributed by atoms with van der Waals surface area (Å²) in [5.74, 6) is -0.390. The number of halogens is 1. The van der Waals surface area contributed by atoms with Crippen molar-refractivity contribution >= 4 is 27.7 Å². The number of benzene rings is 1. The van der Waals surface area contributed by atoms with Crippen LogP contribution in [0, 0.1) is 5.92 Å². The van der Waals surface area contributed by atoms with Crippen molar-refractivity contribution in [2.75, 3.05) is 6.61 Å². The Morgan fingerprint density at radius 1 is 1.28 bits per heavy atom. The first-order chi connectivity index (χ1) is 8.66. The molecule has 0 aromatic heterocycles. The van der Waals surface area contributed by atoms with Crippen LogP contribution in [0.2, 0.25) is 0 Å². The van der Waals surface area contributed by atoms with E-state index in [1.807, 2.05) is 6.07 Å². The molecule has 96 valence electrons. The maximum absolute atomic E-state index is 11.8. The molecular weight excluding hydrogens is 296 g/mol. The third-order valence-electron chi connectivity index (χ3n) is 3.18. The van der Waals surface area contributed by atoms with Crippen molar-refractivity contribution in [1.82, 2.24) is 0 Å². The number of ketones is 1. The molecule has 0 amide bonds. The van der Waals surface area contributed by atoms with E-state index < -0.39 is 0 Å². The molecule has 0 unspecified atom stereocenters. The normalized spacial score (nSPS) is 15.6. The fourth-order valence-corrected chi connectivity index (χ4v) is 2.56. The van der Waals surface area contributed by atoms with E-state index in [1.54, 1.807) is 18.2 Å². The smallest absolute Gasteiger partial charge is 0.309 e. The van der Waals surface area contributed by atoms with Crippen molar-refractivity contribution < 1.29 is 14.3 Å². The lowest BCUT2D eigenvalue weighted by Gasteiger charge is -2.09. The quantitative estimate of drug-likeness (QED) is 0.632. The third-order valence-corrected chi connectivity index (χ3v) is 3.67. The summed E-state index contributed by atoms with van der Waals surface area (Å²) in [6.45, 7) is -0.161. The van der Waals surface area contributed by atoms with Crippen LogP contribution in [0.15, 0.2) is 28.7 Å². The molecular formula is C14H15BrO3. The number of carbonyl (C=O) groups is 2. The minimum atomic E-state index is -0.226. The number of rotatable bonds is 4. The van der Waals surface area contributed by atoms with Crippen LogP contribution in [0.5, 0.6) is 0 Å². The zero-order valence-electron chi connectivity index (χ0n) is 10.0. The Labute approximate surface area is 115 Å². The molecule has 1 saturated carbocycles. The zero-order valence-corrected chi connectivity index (χ0v) is 11.6. The van der Waals surface area contributed by atoms with Gasteiger partial charge >= 0.3 is 5.97 Å². The monoisotopic (exact) mass is 310 g/mol. The molecule has 4 heteroatoms. The van der Waals surface area contributed by atoms with Crippen LogP contribution in [0.1, 0.15) is 36.0 Å². The molecule has 1 aliphatic rings. The van der Waals surface area contributed by atoms with Crippen LogP contribution in [-0.2, 0) is 9.53 Å². The van der Waals surface area contributed by atoms with E-state index in [0.717, 1.165) is 30.2 Å². The number of ether oxygens (including phenoxy) is 1. The predicted molar refractivity (Wildman–Crippen MR) is 71.4 cm³/mol. The summed E-state index contributed by atoms with van der Waals surface area (Å²) in [6.07, 6.45) is 3.95. The maximum atomic E-state index is 11.8. The summed E-state index contributed by atoms with van der Waals surface area (Å²) in [6, 6.07) is 7.08. The lowest BCUT2D eigenvalue weighted by atomic mass is 10.1. The highest BCUT2D eigenvalue weighted by molar-refractivity contribution is 9.10. The first-order valence-electron chi connectivity index (χ1n) is 6.12. The van der Waals surface area contributed by atoms with Crippen LogP contribution >= 0.6 is 15.9 Å². The Kier molecular flexibility index (Phi) is 4.53. The second kappa shape index (κ2) is 6.14. The molecule has 0 heterocycles. The number of Topliss-reactive ketones (excluding diaryl/α,β-unsaturated/α-hetero) is 1. The van der Waals surface area contributed by atoms with Gasteiger partial charge in [0.15, 0.2) is 12.4 Å². The van der Waals surface area contributed by atoms with Crippen molar-refractivity contribution in [3.8, 4) is 0 Å². The van der Waals surface area contributed by atoms with Crippen LogP contribution in [0.4, 0.5) is 0 Å². The first kappa shape index (κ1) is 13.3. The number of carbonyl (C=O) groups excluding carboxylic acids is 2. The fourth-order valence-electron chi connectivity index (χ4n) is 2.16. The molecule has 18 heavy (non-hydrogen) atoms. The highest BCUT2D eigenvalue weighted by atomic mass is 79.9. The van der Waals surface area contributed by atoms with Gasteiger partial charge in [0.2, 0.25) is 0 Å². The van der Waals surface area contributed by atoms with E-state index in [4.69, 9.17) is 4.74 Å². The SMILES string of the molecule is O=C(COC(=O)C1CCCC1)c1cccc(Br)c1. The van der Waals surface area contributed by atoms with E-state index in [2.05, 4.69) is 15.9 Å².